The first-order valence-corrected chi connectivity index (χ1v) is 3.26. The summed E-state index contributed by atoms with van der Waals surface area (Å²) in [5.41, 5.74) is 0. The molecule has 0 amide bonds. The Kier molecular flexibility index (Phi) is 4.94. The smallest absolute Gasteiger partial charge is 0.306 e. The van der Waals surface area contributed by atoms with E-state index < -0.39 is 5.97 Å². The van der Waals surface area contributed by atoms with Crippen LogP contribution in [0.3, 0.4) is 0 Å². The number of nitrogens with zero attached hydrogens (tertiary/aromatic N) is 1. The van der Waals surface area contributed by atoms with E-state index in [1.54, 1.807) is 0 Å². The largest absolute Gasteiger partial charge is 0.466 e. The zero-order valence-corrected chi connectivity index (χ0v) is 6.59. The maximum atomic E-state index is 10.1. The maximum Gasteiger partial charge on any atom is 0.306 e. The third kappa shape index (κ3) is 7.43. The summed E-state index contributed by atoms with van der Waals surface area (Å²) >= 11 is 0. The van der Waals surface area contributed by atoms with Crippen LogP contribution >= 0.6 is 0 Å². The van der Waals surface area contributed by atoms with Gasteiger partial charge in [0.2, 0.25) is 0 Å². The Morgan fingerprint density at radius 3 is 2.60 bits per heavy atom. The first-order valence-electron chi connectivity index (χ1n) is 3.26. The molecule has 3 nitrogen and oxygen atoms in total. The molecule has 0 saturated carbocycles. The zero-order chi connectivity index (χ0) is 7.98. The minimum absolute atomic E-state index is 0.446. The van der Waals surface area contributed by atoms with E-state index in [1.165, 1.54) is 0 Å². The molecule has 0 fully saturated rings. The number of carbonyl (C=O) groups excluding carboxylic acids is 1. The van der Waals surface area contributed by atoms with Crippen molar-refractivity contribution in [1.82, 2.24) is 4.90 Å². The fraction of sp³-hybridized carbons (Fsp3) is 0.714. The maximum absolute atomic E-state index is 10.1. The van der Waals surface area contributed by atoms with E-state index >= 15 is 0 Å². The second-order valence-corrected chi connectivity index (χ2v) is 2.38. The van der Waals surface area contributed by atoms with E-state index in [0.29, 0.717) is 6.61 Å². The van der Waals surface area contributed by atoms with Crippen LogP contribution in [0, 0.1) is 6.92 Å². The van der Waals surface area contributed by atoms with Gasteiger partial charge in [0, 0.05) is 6.54 Å². The van der Waals surface area contributed by atoms with Gasteiger partial charge in [0.1, 0.15) is 0 Å². The number of hydrogen-bond acceptors (Lipinski definition) is 3. The summed E-state index contributed by atoms with van der Waals surface area (Å²) in [6.07, 6.45) is 0.869. The Labute approximate surface area is 62.0 Å². The van der Waals surface area contributed by atoms with Crippen LogP contribution in [0.4, 0.5) is 0 Å². The lowest BCUT2D eigenvalue weighted by atomic mass is 10.4. The Morgan fingerprint density at radius 2 is 2.20 bits per heavy atom. The van der Waals surface area contributed by atoms with Gasteiger partial charge in [0.05, 0.1) is 13.5 Å². The van der Waals surface area contributed by atoms with Gasteiger partial charge >= 0.3 is 5.97 Å². The van der Waals surface area contributed by atoms with Gasteiger partial charge in [-0.05, 0) is 20.5 Å². The molecule has 59 valence electrons. The highest BCUT2D eigenvalue weighted by molar-refractivity contribution is 5.73. The molecule has 0 rings (SSSR count). The highest BCUT2D eigenvalue weighted by Gasteiger charge is 1.93. The predicted octanol–water partition coefficient (Wildman–Crippen LogP) is 0.315. The van der Waals surface area contributed by atoms with E-state index in [2.05, 4.69) is 11.7 Å². The highest BCUT2D eigenvalue weighted by atomic mass is 16.5. The Morgan fingerprint density at radius 1 is 1.60 bits per heavy atom. The molecule has 0 bridgehead atoms. The minimum Gasteiger partial charge on any atom is -0.466 e. The molecule has 0 aliphatic rings. The molecule has 0 saturated heterocycles. The van der Waals surface area contributed by atoms with Gasteiger partial charge < -0.3 is 9.64 Å². The lowest BCUT2D eigenvalue weighted by Crippen LogP contribution is -2.15. The van der Waals surface area contributed by atoms with Crippen LogP contribution in [0.15, 0.2) is 0 Å². The highest BCUT2D eigenvalue weighted by Crippen LogP contribution is 1.85. The van der Waals surface area contributed by atoms with Gasteiger partial charge in [0.25, 0.3) is 0 Å². The third-order valence-electron chi connectivity index (χ3n) is 1.01. The average Bonchev–Trinajstić information content (AvgIpc) is 1.79. The predicted molar refractivity (Wildman–Crippen MR) is 39.5 cm³/mol. The fourth-order valence-corrected chi connectivity index (χ4v) is 0.567. The molecule has 0 heterocycles. The normalized spacial score (nSPS) is 10.0. The van der Waals surface area contributed by atoms with Gasteiger partial charge in [-0.15, -0.1) is 0 Å². The summed E-state index contributed by atoms with van der Waals surface area (Å²) in [6, 6.07) is 0. The molecule has 0 N–H and O–H groups in total. The van der Waals surface area contributed by atoms with Crippen LogP contribution in [0.25, 0.3) is 0 Å². The minimum atomic E-state index is -0.446. The van der Waals surface area contributed by atoms with Crippen molar-refractivity contribution in [2.45, 2.75) is 6.42 Å². The second-order valence-electron chi connectivity index (χ2n) is 2.38. The van der Waals surface area contributed by atoms with Crippen LogP contribution in [0.5, 0.6) is 0 Å². The van der Waals surface area contributed by atoms with Gasteiger partial charge in [-0.1, -0.05) is 0 Å². The fourth-order valence-electron chi connectivity index (χ4n) is 0.567. The van der Waals surface area contributed by atoms with Crippen molar-refractivity contribution in [3.63, 3.8) is 0 Å². The molecule has 10 heavy (non-hydrogen) atoms. The van der Waals surface area contributed by atoms with Crippen molar-refractivity contribution in [3.8, 4) is 0 Å². The first kappa shape index (κ1) is 9.43. The van der Waals surface area contributed by atoms with Gasteiger partial charge in [-0.3, -0.25) is 4.79 Å². The molecule has 0 atom stereocenters. The topological polar surface area (TPSA) is 29.5 Å². The van der Waals surface area contributed by atoms with Gasteiger partial charge in [-0.25, -0.2) is 0 Å². The van der Waals surface area contributed by atoms with Gasteiger partial charge in [-0.2, -0.15) is 0 Å². The molecular formula is C7H14NO2. The van der Waals surface area contributed by atoms with Crippen LogP contribution < -0.4 is 0 Å². The summed E-state index contributed by atoms with van der Waals surface area (Å²) in [5, 5.41) is 0. The Hall–Kier alpha value is -0.570. The van der Waals surface area contributed by atoms with Crippen LogP contribution in [-0.4, -0.2) is 38.1 Å². The third-order valence-corrected chi connectivity index (χ3v) is 1.01. The summed E-state index contributed by atoms with van der Waals surface area (Å²) in [6.45, 7) is 4.49. The monoisotopic (exact) mass is 144 g/mol. The zero-order valence-electron chi connectivity index (χ0n) is 6.59. The van der Waals surface area contributed by atoms with Crippen molar-refractivity contribution in [2.24, 2.45) is 0 Å². The first-order chi connectivity index (χ1) is 4.63. The SMILES string of the molecule is [CH2]C(=O)OCCCN(C)C. The summed E-state index contributed by atoms with van der Waals surface area (Å²) in [7, 11) is 3.96. The lowest BCUT2D eigenvalue weighted by molar-refractivity contribution is -0.138. The average molecular weight is 144 g/mol. The quantitative estimate of drug-likeness (QED) is 0.420. The number of rotatable bonds is 4. The number of esters is 1. The molecule has 3 heteroatoms. The van der Waals surface area contributed by atoms with Gasteiger partial charge in [0.15, 0.2) is 0 Å². The number of ether oxygens (including phenoxy) is 1. The van der Waals surface area contributed by atoms with Crippen LogP contribution in [0.1, 0.15) is 6.42 Å². The molecule has 0 aliphatic heterocycles. The summed E-state index contributed by atoms with van der Waals surface area (Å²) in [5.74, 6) is -0.446. The molecule has 0 aromatic rings. The molecule has 0 aromatic carbocycles. The second kappa shape index (κ2) is 5.23. The van der Waals surface area contributed by atoms with Crippen molar-refractivity contribution >= 4 is 5.97 Å². The van der Waals surface area contributed by atoms with Crippen molar-refractivity contribution in [3.05, 3.63) is 6.92 Å². The molecular weight excluding hydrogens is 130 g/mol. The van der Waals surface area contributed by atoms with E-state index in [0.717, 1.165) is 13.0 Å². The molecule has 0 unspecified atom stereocenters. The van der Waals surface area contributed by atoms with E-state index in [4.69, 9.17) is 0 Å². The number of carbonyl (C=O) groups is 1. The van der Waals surface area contributed by atoms with E-state index in [-0.39, 0.29) is 0 Å². The number of hydrogen-bond donors (Lipinski definition) is 0. The molecule has 1 radical (unpaired) electrons. The Balaban J connectivity index is 2.98. The lowest BCUT2D eigenvalue weighted by Gasteiger charge is -2.08. The molecule has 0 spiro atoms. The van der Waals surface area contributed by atoms with Crippen molar-refractivity contribution in [2.75, 3.05) is 27.2 Å². The summed E-state index contributed by atoms with van der Waals surface area (Å²) in [4.78, 5) is 12.2. The molecule has 0 aliphatic carbocycles. The van der Waals surface area contributed by atoms with Crippen molar-refractivity contribution in [1.29, 1.82) is 0 Å². The van der Waals surface area contributed by atoms with Crippen molar-refractivity contribution < 1.29 is 9.53 Å². The standard InChI is InChI=1S/C7H14NO2/c1-7(9)10-6-4-5-8(2)3/h1,4-6H2,2-3H3. The van der Waals surface area contributed by atoms with E-state index in [1.807, 2.05) is 19.0 Å². The van der Waals surface area contributed by atoms with Crippen LogP contribution in [0.2, 0.25) is 0 Å². The molecule has 0 aromatic heterocycles. The summed E-state index contributed by atoms with van der Waals surface area (Å²) < 4.78 is 4.62. The van der Waals surface area contributed by atoms with E-state index in [9.17, 15) is 4.79 Å². The van der Waals surface area contributed by atoms with Crippen LogP contribution in [-0.2, 0) is 9.53 Å². The Bertz CT molecular complexity index is 102.